The van der Waals surface area contributed by atoms with Crippen LogP contribution >= 0.6 is 0 Å². The van der Waals surface area contributed by atoms with Crippen molar-refractivity contribution in [2.24, 2.45) is 5.92 Å². The van der Waals surface area contributed by atoms with Gasteiger partial charge in [-0.25, -0.2) is 9.97 Å². The minimum absolute atomic E-state index is 0.0929. The summed E-state index contributed by atoms with van der Waals surface area (Å²) in [5, 5.41) is 12.5. The number of imidazole rings is 1. The number of nitrogens with zero attached hydrogens (tertiary/aromatic N) is 3. The van der Waals surface area contributed by atoms with Crippen molar-refractivity contribution < 1.29 is 36.2 Å². The van der Waals surface area contributed by atoms with Gasteiger partial charge in [0.15, 0.2) is 5.65 Å². The van der Waals surface area contributed by atoms with E-state index in [9.17, 15) is 36.2 Å². The number of carbonyl (C=O) groups is 1. The SMILES string of the molecule is CC(C)(n1c(NC(=O)C[C@@](C)(O)C2CC2)nc2ccc(C(F)(F)F)nc21)C(F)(F)F. The van der Waals surface area contributed by atoms with Crippen LogP contribution in [0.1, 0.15) is 45.7 Å². The van der Waals surface area contributed by atoms with E-state index in [1.165, 1.54) is 6.92 Å². The van der Waals surface area contributed by atoms with Gasteiger partial charge in [-0.3, -0.25) is 14.7 Å². The maximum Gasteiger partial charge on any atom is 0.433 e. The van der Waals surface area contributed by atoms with Crippen LogP contribution in [-0.2, 0) is 16.5 Å². The van der Waals surface area contributed by atoms with E-state index in [-0.39, 0.29) is 11.4 Å². The Labute approximate surface area is 167 Å². The van der Waals surface area contributed by atoms with Gasteiger partial charge in [0.2, 0.25) is 11.9 Å². The van der Waals surface area contributed by atoms with Crippen molar-refractivity contribution in [3.8, 4) is 0 Å². The maximum atomic E-state index is 13.7. The van der Waals surface area contributed by atoms with E-state index < -0.39 is 53.1 Å². The fourth-order valence-corrected chi connectivity index (χ4v) is 3.20. The number of fused-ring (bicyclic) bond motifs is 1. The summed E-state index contributed by atoms with van der Waals surface area (Å²) in [6, 6.07) is 1.49. The zero-order valence-electron chi connectivity index (χ0n) is 16.3. The van der Waals surface area contributed by atoms with E-state index in [2.05, 4.69) is 15.3 Å². The first-order valence-corrected chi connectivity index (χ1v) is 9.10. The summed E-state index contributed by atoms with van der Waals surface area (Å²) < 4.78 is 80.7. The summed E-state index contributed by atoms with van der Waals surface area (Å²) in [5.74, 6) is -1.50. The van der Waals surface area contributed by atoms with Crippen LogP contribution in [0.25, 0.3) is 11.2 Å². The predicted molar refractivity (Wildman–Crippen MR) is 94.5 cm³/mol. The molecule has 0 spiro atoms. The van der Waals surface area contributed by atoms with Crippen LogP contribution in [0.4, 0.5) is 32.3 Å². The molecular formula is C18H20F6N4O2. The molecule has 0 saturated heterocycles. The van der Waals surface area contributed by atoms with Gasteiger partial charge in [0, 0.05) is 0 Å². The van der Waals surface area contributed by atoms with Crippen LogP contribution in [0.3, 0.4) is 0 Å². The third kappa shape index (κ3) is 4.09. The van der Waals surface area contributed by atoms with Crippen molar-refractivity contribution in [1.29, 1.82) is 0 Å². The van der Waals surface area contributed by atoms with E-state index in [1.54, 1.807) is 0 Å². The fraction of sp³-hybridized carbons (Fsp3) is 0.611. The van der Waals surface area contributed by atoms with Crippen molar-refractivity contribution in [2.75, 3.05) is 5.32 Å². The number of rotatable bonds is 5. The molecule has 1 fully saturated rings. The second kappa shape index (κ2) is 6.82. The summed E-state index contributed by atoms with van der Waals surface area (Å²) in [5.41, 5.74) is -6.38. The summed E-state index contributed by atoms with van der Waals surface area (Å²) >= 11 is 0. The molecule has 0 unspecified atom stereocenters. The van der Waals surface area contributed by atoms with Gasteiger partial charge in [-0.1, -0.05) is 0 Å². The number of hydrogen-bond acceptors (Lipinski definition) is 4. The first kappa shape index (κ1) is 22.3. The molecule has 0 bridgehead atoms. The third-order valence-electron chi connectivity index (χ3n) is 5.27. The summed E-state index contributed by atoms with van der Waals surface area (Å²) in [7, 11) is 0. The molecular weight excluding hydrogens is 418 g/mol. The molecule has 2 aromatic rings. The van der Waals surface area contributed by atoms with E-state index in [1.807, 2.05) is 0 Å². The molecule has 30 heavy (non-hydrogen) atoms. The van der Waals surface area contributed by atoms with Gasteiger partial charge < -0.3 is 5.11 Å². The molecule has 1 atom stereocenters. The zero-order valence-corrected chi connectivity index (χ0v) is 16.3. The van der Waals surface area contributed by atoms with Crippen LogP contribution in [0.15, 0.2) is 12.1 Å². The van der Waals surface area contributed by atoms with Gasteiger partial charge >= 0.3 is 12.4 Å². The summed E-state index contributed by atoms with van der Waals surface area (Å²) in [6.07, 6.45) is -8.71. The fourth-order valence-electron chi connectivity index (χ4n) is 3.20. The number of hydrogen-bond donors (Lipinski definition) is 2. The third-order valence-corrected chi connectivity index (χ3v) is 5.27. The van der Waals surface area contributed by atoms with Crippen molar-refractivity contribution in [1.82, 2.24) is 14.5 Å². The summed E-state index contributed by atoms with van der Waals surface area (Å²) in [4.78, 5) is 19.6. The molecule has 2 N–H and O–H groups in total. The predicted octanol–water partition coefficient (Wildman–Crippen LogP) is 4.24. The van der Waals surface area contributed by atoms with Crippen LogP contribution in [0.2, 0.25) is 0 Å². The highest BCUT2D eigenvalue weighted by Crippen LogP contribution is 2.43. The van der Waals surface area contributed by atoms with E-state index in [0.29, 0.717) is 10.6 Å². The number of alkyl halides is 6. The molecule has 12 heteroatoms. The topological polar surface area (TPSA) is 80.0 Å². The highest BCUT2D eigenvalue weighted by molar-refractivity contribution is 5.91. The number of aliphatic hydroxyl groups is 1. The van der Waals surface area contributed by atoms with Gasteiger partial charge in [-0.15, -0.1) is 0 Å². The molecule has 1 aliphatic rings. The average Bonchev–Trinajstić information content (AvgIpc) is 3.34. The zero-order chi connectivity index (χ0) is 22.7. The van der Waals surface area contributed by atoms with Crippen molar-refractivity contribution in [2.45, 2.75) is 63.5 Å². The van der Waals surface area contributed by atoms with Crippen molar-refractivity contribution >= 4 is 23.0 Å². The minimum Gasteiger partial charge on any atom is -0.389 e. The van der Waals surface area contributed by atoms with E-state index in [4.69, 9.17) is 0 Å². The second-order valence-electron chi connectivity index (χ2n) is 8.22. The molecule has 6 nitrogen and oxygen atoms in total. The lowest BCUT2D eigenvalue weighted by atomic mass is 9.96. The Bertz CT molecular complexity index is 973. The molecule has 166 valence electrons. The lowest BCUT2D eigenvalue weighted by Crippen LogP contribution is -2.43. The van der Waals surface area contributed by atoms with E-state index >= 15 is 0 Å². The Balaban J connectivity index is 2.08. The van der Waals surface area contributed by atoms with Gasteiger partial charge in [-0.05, 0) is 51.7 Å². The van der Waals surface area contributed by atoms with Crippen molar-refractivity contribution in [3.63, 3.8) is 0 Å². The Kier molecular flexibility index (Phi) is 5.08. The lowest BCUT2D eigenvalue weighted by Gasteiger charge is -2.31. The van der Waals surface area contributed by atoms with E-state index in [0.717, 1.165) is 32.8 Å². The van der Waals surface area contributed by atoms with Gasteiger partial charge in [0.1, 0.15) is 16.7 Å². The minimum atomic E-state index is -4.89. The summed E-state index contributed by atoms with van der Waals surface area (Å²) in [6.45, 7) is 2.93. The number of pyridine rings is 1. The molecule has 3 rings (SSSR count). The Morgan fingerprint density at radius 1 is 1.13 bits per heavy atom. The number of nitrogens with one attached hydrogen (secondary N) is 1. The first-order chi connectivity index (χ1) is 13.5. The Morgan fingerprint density at radius 3 is 2.23 bits per heavy atom. The quantitative estimate of drug-likeness (QED) is 0.685. The van der Waals surface area contributed by atoms with Crippen LogP contribution in [-0.4, -0.2) is 37.3 Å². The molecule has 2 heterocycles. The normalized spacial score (nSPS) is 17.8. The van der Waals surface area contributed by atoms with Crippen LogP contribution in [0, 0.1) is 5.92 Å². The number of aromatic nitrogens is 3. The molecule has 1 saturated carbocycles. The highest BCUT2D eigenvalue weighted by atomic mass is 19.4. The van der Waals surface area contributed by atoms with Gasteiger partial charge in [0.05, 0.1) is 12.0 Å². The lowest BCUT2D eigenvalue weighted by molar-refractivity contribution is -0.201. The van der Waals surface area contributed by atoms with Gasteiger partial charge in [-0.2, -0.15) is 26.3 Å². The standard InChI is InChI=1S/C18H20F6N4O2/c1-15(2,18(22,23)24)28-13-10(6-7-11(26-13)17(19,20)21)25-14(28)27-12(29)8-16(3,30)9-4-5-9/h6-7,9,30H,4-5,8H2,1-3H3,(H,25,27,29)/t16-/m1/s1. The molecule has 2 aromatic heterocycles. The number of carbonyl (C=O) groups excluding carboxylic acids is 1. The van der Waals surface area contributed by atoms with Crippen LogP contribution < -0.4 is 5.32 Å². The highest BCUT2D eigenvalue weighted by Gasteiger charge is 2.51. The molecule has 0 aromatic carbocycles. The number of halogens is 6. The Hall–Kier alpha value is -2.37. The first-order valence-electron chi connectivity index (χ1n) is 9.10. The average molecular weight is 438 g/mol. The molecule has 0 aliphatic heterocycles. The van der Waals surface area contributed by atoms with Gasteiger partial charge in [0.25, 0.3) is 0 Å². The second-order valence-corrected chi connectivity index (χ2v) is 8.22. The molecule has 0 radical (unpaired) electrons. The smallest absolute Gasteiger partial charge is 0.389 e. The Morgan fingerprint density at radius 2 is 1.73 bits per heavy atom. The molecule has 1 amide bonds. The van der Waals surface area contributed by atoms with Crippen LogP contribution in [0.5, 0.6) is 0 Å². The molecule has 1 aliphatic carbocycles. The maximum absolute atomic E-state index is 13.7. The monoisotopic (exact) mass is 438 g/mol. The van der Waals surface area contributed by atoms with Crippen molar-refractivity contribution in [3.05, 3.63) is 17.8 Å². The largest absolute Gasteiger partial charge is 0.433 e. The number of amides is 1. The number of anilines is 1.